The Labute approximate surface area is 92.7 Å². The van der Waals surface area contributed by atoms with E-state index in [2.05, 4.69) is 29.5 Å². The molecule has 0 saturated carbocycles. The summed E-state index contributed by atoms with van der Waals surface area (Å²) in [7, 11) is 0. The second-order valence-corrected chi connectivity index (χ2v) is 4.54. The Morgan fingerprint density at radius 2 is 2.00 bits per heavy atom. The van der Waals surface area contributed by atoms with Crippen LogP contribution < -0.4 is 0 Å². The summed E-state index contributed by atoms with van der Waals surface area (Å²) in [6.45, 7) is 2.19. The van der Waals surface area contributed by atoms with E-state index in [1.165, 1.54) is 18.4 Å². The molecule has 1 rings (SSSR count). The van der Waals surface area contributed by atoms with E-state index in [1.54, 1.807) is 0 Å². The van der Waals surface area contributed by atoms with Gasteiger partial charge in [0.25, 0.3) is 0 Å². The summed E-state index contributed by atoms with van der Waals surface area (Å²) in [6.07, 6.45) is 3.27. The molecular formula is C11H13IO. The van der Waals surface area contributed by atoms with Crippen LogP contribution in [0.1, 0.15) is 39.6 Å². The topological polar surface area (TPSA) is 17.1 Å². The van der Waals surface area contributed by atoms with E-state index in [9.17, 15) is 4.79 Å². The lowest BCUT2D eigenvalue weighted by Crippen LogP contribution is -1.89. The van der Waals surface area contributed by atoms with E-state index in [0.29, 0.717) is 3.92 Å². The molecule has 0 radical (unpaired) electrons. The number of rotatable bonds is 4. The number of hydrogen-bond acceptors (Lipinski definition) is 1. The summed E-state index contributed by atoms with van der Waals surface area (Å²) >= 11 is 2.44. The molecule has 13 heavy (non-hydrogen) atoms. The largest absolute Gasteiger partial charge is 0.298 e. The van der Waals surface area contributed by atoms with Gasteiger partial charge in [-0.05, 0) is 12.0 Å². The van der Waals surface area contributed by atoms with Gasteiger partial charge in [0.2, 0.25) is 0 Å². The highest BCUT2D eigenvalue weighted by Crippen LogP contribution is 2.27. The highest BCUT2D eigenvalue weighted by atomic mass is 127. The van der Waals surface area contributed by atoms with Crippen LogP contribution in [0.3, 0.4) is 0 Å². The van der Waals surface area contributed by atoms with Crippen LogP contribution in [0, 0.1) is 0 Å². The van der Waals surface area contributed by atoms with E-state index in [0.717, 1.165) is 11.8 Å². The first kappa shape index (κ1) is 10.7. The maximum absolute atomic E-state index is 10.4. The summed E-state index contributed by atoms with van der Waals surface area (Å²) in [5.41, 5.74) is 2.07. The number of aldehydes is 1. The molecule has 1 aromatic rings. The first-order valence-electron chi connectivity index (χ1n) is 4.47. The third kappa shape index (κ3) is 3.10. The quantitative estimate of drug-likeness (QED) is 0.468. The predicted octanol–water partition coefficient (Wildman–Crippen LogP) is 3.78. The molecule has 0 fully saturated rings. The molecule has 0 aliphatic heterocycles. The van der Waals surface area contributed by atoms with Gasteiger partial charge in [-0.25, -0.2) is 0 Å². The van der Waals surface area contributed by atoms with Crippen molar-refractivity contribution in [3.63, 3.8) is 0 Å². The number of halogens is 1. The van der Waals surface area contributed by atoms with Gasteiger partial charge in [0, 0.05) is 9.49 Å². The number of hydrogen-bond donors (Lipinski definition) is 0. The number of benzene rings is 1. The van der Waals surface area contributed by atoms with Gasteiger partial charge in [0.05, 0.1) is 0 Å². The zero-order valence-corrected chi connectivity index (χ0v) is 9.82. The minimum absolute atomic E-state index is 0.573. The second kappa shape index (κ2) is 5.37. The third-order valence-electron chi connectivity index (χ3n) is 1.98. The van der Waals surface area contributed by atoms with Gasteiger partial charge in [0.15, 0.2) is 0 Å². The second-order valence-electron chi connectivity index (χ2n) is 3.04. The summed E-state index contributed by atoms with van der Waals surface area (Å²) in [6, 6.07) is 7.83. The maximum atomic E-state index is 10.4. The minimum Gasteiger partial charge on any atom is -0.298 e. The standard InChI is InChI=1S/C11H13IO/c1-2-3-11(12)10-6-4-9(8-13)5-7-10/h4-8,11H,2-3H2,1H3. The Kier molecular flexibility index (Phi) is 4.42. The SMILES string of the molecule is CCCC(I)c1ccc(C=O)cc1. The minimum atomic E-state index is 0.573. The van der Waals surface area contributed by atoms with Crippen LogP contribution >= 0.6 is 22.6 Å². The van der Waals surface area contributed by atoms with Crippen LogP contribution in [0.2, 0.25) is 0 Å². The van der Waals surface area contributed by atoms with E-state index in [-0.39, 0.29) is 0 Å². The van der Waals surface area contributed by atoms with Crippen molar-refractivity contribution in [3.05, 3.63) is 35.4 Å². The molecule has 0 aromatic heterocycles. The molecule has 1 nitrogen and oxygen atoms in total. The Morgan fingerprint density at radius 1 is 1.38 bits per heavy atom. The average molecular weight is 288 g/mol. The fourth-order valence-electron chi connectivity index (χ4n) is 1.20. The van der Waals surface area contributed by atoms with E-state index in [4.69, 9.17) is 0 Å². The van der Waals surface area contributed by atoms with Crippen molar-refractivity contribution in [1.82, 2.24) is 0 Å². The van der Waals surface area contributed by atoms with Gasteiger partial charge in [-0.2, -0.15) is 0 Å². The van der Waals surface area contributed by atoms with Gasteiger partial charge in [-0.3, -0.25) is 4.79 Å². The van der Waals surface area contributed by atoms with Crippen LogP contribution in [-0.2, 0) is 0 Å². The summed E-state index contributed by atoms with van der Waals surface area (Å²) in [5.74, 6) is 0. The van der Waals surface area contributed by atoms with Crippen LogP contribution in [0.15, 0.2) is 24.3 Å². The first-order valence-corrected chi connectivity index (χ1v) is 5.71. The molecule has 0 saturated heterocycles. The normalized spacial score (nSPS) is 12.5. The number of carbonyl (C=O) groups excluding carboxylic acids is 1. The molecule has 0 aliphatic carbocycles. The Morgan fingerprint density at radius 3 is 2.46 bits per heavy atom. The first-order chi connectivity index (χ1) is 6.27. The smallest absolute Gasteiger partial charge is 0.150 e. The monoisotopic (exact) mass is 288 g/mol. The summed E-state index contributed by atoms with van der Waals surface area (Å²) < 4.78 is 0.573. The van der Waals surface area contributed by atoms with Crippen molar-refractivity contribution in [1.29, 1.82) is 0 Å². The van der Waals surface area contributed by atoms with Crippen LogP contribution in [0.25, 0.3) is 0 Å². The zero-order valence-electron chi connectivity index (χ0n) is 7.66. The van der Waals surface area contributed by atoms with Crippen LogP contribution in [0.5, 0.6) is 0 Å². The lowest BCUT2D eigenvalue weighted by molar-refractivity contribution is 0.112. The van der Waals surface area contributed by atoms with Crippen molar-refractivity contribution in [2.75, 3.05) is 0 Å². The van der Waals surface area contributed by atoms with Gasteiger partial charge in [-0.1, -0.05) is 60.2 Å². The van der Waals surface area contributed by atoms with Gasteiger partial charge < -0.3 is 0 Å². The maximum Gasteiger partial charge on any atom is 0.150 e. The third-order valence-corrected chi connectivity index (χ3v) is 3.32. The van der Waals surface area contributed by atoms with Crippen LogP contribution in [-0.4, -0.2) is 6.29 Å². The van der Waals surface area contributed by atoms with Gasteiger partial charge in [-0.15, -0.1) is 0 Å². The molecule has 0 amide bonds. The molecule has 1 atom stereocenters. The van der Waals surface area contributed by atoms with E-state index >= 15 is 0 Å². The average Bonchev–Trinajstić information content (AvgIpc) is 2.18. The van der Waals surface area contributed by atoms with Gasteiger partial charge in [0.1, 0.15) is 6.29 Å². The fourth-order valence-corrected chi connectivity index (χ4v) is 2.24. The van der Waals surface area contributed by atoms with Crippen molar-refractivity contribution in [2.45, 2.75) is 23.7 Å². The predicted molar refractivity (Wildman–Crippen MR) is 63.5 cm³/mol. The molecule has 0 bridgehead atoms. The van der Waals surface area contributed by atoms with Crippen molar-refractivity contribution >= 4 is 28.9 Å². The zero-order chi connectivity index (χ0) is 9.68. The molecule has 70 valence electrons. The van der Waals surface area contributed by atoms with Crippen molar-refractivity contribution in [3.8, 4) is 0 Å². The number of carbonyl (C=O) groups is 1. The molecular weight excluding hydrogens is 275 g/mol. The number of alkyl halides is 1. The molecule has 0 N–H and O–H groups in total. The molecule has 2 heteroatoms. The highest BCUT2D eigenvalue weighted by Gasteiger charge is 2.04. The van der Waals surface area contributed by atoms with Gasteiger partial charge >= 0.3 is 0 Å². The van der Waals surface area contributed by atoms with Crippen molar-refractivity contribution in [2.24, 2.45) is 0 Å². The Bertz CT molecular complexity index is 266. The Balaban J connectivity index is 2.73. The fraction of sp³-hybridized carbons (Fsp3) is 0.364. The molecule has 0 spiro atoms. The molecule has 1 unspecified atom stereocenters. The molecule has 0 heterocycles. The Hall–Kier alpha value is -0.380. The summed E-state index contributed by atoms with van der Waals surface area (Å²) in [4.78, 5) is 10.4. The molecule has 1 aromatic carbocycles. The lowest BCUT2D eigenvalue weighted by atomic mass is 10.1. The van der Waals surface area contributed by atoms with Crippen molar-refractivity contribution < 1.29 is 4.79 Å². The van der Waals surface area contributed by atoms with E-state index < -0.39 is 0 Å². The van der Waals surface area contributed by atoms with E-state index in [1.807, 2.05) is 24.3 Å². The lowest BCUT2D eigenvalue weighted by Gasteiger charge is -2.08. The molecule has 0 aliphatic rings. The van der Waals surface area contributed by atoms with Crippen LogP contribution in [0.4, 0.5) is 0 Å². The highest BCUT2D eigenvalue weighted by molar-refractivity contribution is 14.1. The summed E-state index contributed by atoms with van der Waals surface area (Å²) in [5, 5.41) is 0.